The molecular weight excluding hydrogens is 364 g/mol. The van der Waals surface area contributed by atoms with Gasteiger partial charge in [0.05, 0.1) is 0 Å². The average Bonchev–Trinajstić information content (AvgIpc) is 2.84. The first-order valence-electron chi connectivity index (χ1n) is 6.91. The van der Waals surface area contributed by atoms with Crippen LogP contribution in [-0.4, -0.2) is 33.5 Å². The van der Waals surface area contributed by atoms with Crippen LogP contribution in [0.1, 0.15) is 21.5 Å². The van der Waals surface area contributed by atoms with Crippen LogP contribution in [0.5, 0.6) is 5.88 Å². The Morgan fingerprint density at radius 3 is 2.74 bits per heavy atom. The third kappa shape index (κ3) is 3.34. The maximum Gasteiger partial charge on any atom is 0.341 e. The zero-order chi connectivity index (χ0) is 16.4. The summed E-state index contributed by atoms with van der Waals surface area (Å²) in [6.45, 7) is 0.402. The predicted octanol–water partition coefficient (Wildman–Crippen LogP) is 2.46. The van der Waals surface area contributed by atoms with Gasteiger partial charge in [-0.25, -0.2) is 9.78 Å². The summed E-state index contributed by atoms with van der Waals surface area (Å²) in [5, 5.41) is 8.71. The first-order chi connectivity index (χ1) is 11.0. The summed E-state index contributed by atoms with van der Waals surface area (Å²) in [4.78, 5) is 28.9. The fraction of sp³-hybridized carbons (Fsp3) is 0.188. The van der Waals surface area contributed by atoms with Crippen LogP contribution in [0.15, 0.2) is 41.0 Å². The standard InChI is InChI=1S/C16H13BrN2O4/c17-12-3-1-10(2-4-12)7-19-8-11-5-6-18-15(14(11)16(19)22)23-9-13(20)21/h1-6H,7-9H2,(H,20,21). The first kappa shape index (κ1) is 15.5. The van der Waals surface area contributed by atoms with E-state index in [0.717, 1.165) is 15.6 Å². The number of hydrogen-bond donors (Lipinski definition) is 1. The van der Waals surface area contributed by atoms with E-state index in [1.807, 2.05) is 24.3 Å². The Bertz CT molecular complexity index is 761. The minimum absolute atomic E-state index is 0.0770. The molecule has 0 spiro atoms. The maximum absolute atomic E-state index is 12.6. The number of carbonyl (C=O) groups excluding carboxylic acids is 1. The SMILES string of the molecule is O=C(O)COc1nccc2c1C(=O)N(Cc1ccc(Br)cc1)C2. The number of fused-ring (bicyclic) bond motifs is 1. The molecular formula is C16H13BrN2O4. The van der Waals surface area contributed by atoms with Crippen LogP contribution in [0.25, 0.3) is 0 Å². The van der Waals surface area contributed by atoms with Gasteiger partial charge < -0.3 is 14.7 Å². The lowest BCUT2D eigenvalue weighted by molar-refractivity contribution is -0.139. The molecule has 23 heavy (non-hydrogen) atoms. The lowest BCUT2D eigenvalue weighted by atomic mass is 10.2. The molecule has 1 aliphatic rings. The second-order valence-corrected chi connectivity index (χ2v) is 6.04. The summed E-state index contributed by atoms with van der Waals surface area (Å²) in [5.41, 5.74) is 2.16. The van der Waals surface area contributed by atoms with Gasteiger partial charge in [0.15, 0.2) is 6.61 Å². The van der Waals surface area contributed by atoms with Crippen LogP contribution < -0.4 is 4.74 Å². The lowest BCUT2D eigenvalue weighted by Gasteiger charge is -2.15. The Kier molecular flexibility index (Phi) is 4.29. The van der Waals surface area contributed by atoms with Crippen LogP contribution in [0.3, 0.4) is 0 Å². The fourth-order valence-corrected chi connectivity index (χ4v) is 2.72. The highest BCUT2D eigenvalue weighted by molar-refractivity contribution is 9.10. The summed E-state index contributed by atoms with van der Waals surface area (Å²) < 4.78 is 6.11. The zero-order valence-corrected chi connectivity index (χ0v) is 13.6. The molecule has 1 amide bonds. The van der Waals surface area contributed by atoms with Gasteiger partial charge in [-0.15, -0.1) is 0 Å². The molecule has 6 nitrogen and oxygen atoms in total. The Labute approximate surface area is 140 Å². The van der Waals surface area contributed by atoms with Crippen LogP contribution in [0, 0.1) is 0 Å². The molecule has 1 aromatic carbocycles. The van der Waals surface area contributed by atoms with E-state index in [1.54, 1.807) is 11.0 Å². The summed E-state index contributed by atoms with van der Waals surface area (Å²) in [5.74, 6) is -1.23. The van der Waals surface area contributed by atoms with Crippen LogP contribution in [-0.2, 0) is 17.9 Å². The van der Waals surface area contributed by atoms with Crippen molar-refractivity contribution in [3.05, 3.63) is 57.7 Å². The monoisotopic (exact) mass is 376 g/mol. The number of ether oxygens (including phenoxy) is 1. The Morgan fingerprint density at radius 1 is 1.30 bits per heavy atom. The normalized spacial score (nSPS) is 13.1. The average molecular weight is 377 g/mol. The summed E-state index contributed by atoms with van der Waals surface area (Å²) >= 11 is 3.38. The molecule has 0 atom stereocenters. The van der Waals surface area contributed by atoms with Crippen LogP contribution >= 0.6 is 15.9 Å². The second-order valence-electron chi connectivity index (χ2n) is 5.12. The van der Waals surface area contributed by atoms with Gasteiger partial charge in [0.25, 0.3) is 5.91 Å². The van der Waals surface area contributed by atoms with Crippen molar-refractivity contribution in [2.75, 3.05) is 6.61 Å². The number of aliphatic carboxylic acids is 1. The van der Waals surface area contributed by atoms with E-state index >= 15 is 0 Å². The zero-order valence-electron chi connectivity index (χ0n) is 12.0. The third-order valence-electron chi connectivity index (χ3n) is 3.48. The van der Waals surface area contributed by atoms with Crippen LogP contribution in [0.4, 0.5) is 0 Å². The van der Waals surface area contributed by atoms with Gasteiger partial charge in [-0.2, -0.15) is 0 Å². The molecule has 7 heteroatoms. The number of halogens is 1. The molecule has 1 aromatic heterocycles. The van der Waals surface area contributed by atoms with E-state index in [9.17, 15) is 9.59 Å². The highest BCUT2D eigenvalue weighted by Crippen LogP contribution is 2.30. The molecule has 0 unspecified atom stereocenters. The number of rotatable bonds is 5. The van der Waals surface area contributed by atoms with Crippen molar-refractivity contribution in [3.63, 3.8) is 0 Å². The van der Waals surface area contributed by atoms with E-state index in [2.05, 4.69) is 20.9 Å². The number of carbonyl (C=O) groups is 2. The summed E-state index contributed by atoms with van der Waals surface area (Å²) in [6.07, 6.45) is 1.52. The molecule has 2 aromatic rings. The van der Waals surface area contributed by atoms with Gasteiger partial charge in [0.2, 0.25) is 5.88 Å². The van der Waals surface area contributed by atoms with Crippen molar-refractivity contribution in [2.24, 2.45) is 0 Å². The topological polar surface area (TPSA) is 79.7 Å². The molecule has 0 aliphatic carbocycles. The second kappa shape index (κ2) is 6.37. The molecule has 3 rings (SSSR count). The summed E-state index contributed by atoms with van der Waals surface area (Å²) in [6, 6.07) is 9.49. The molecule has 0 bridgehead atoms. The Hall–Kier alpha value is -2.41. The molecule has 0 fully saturated rings. The van der Waals surface area contributed by atoms with E-state index in [0.29, 0.717) is 18.7 Å². The number of benzene rings is 1. The quantitative estimate of drug-likeness (QED) is 0.866. The minimum Gasteiger partial charge on any atom is -0.479 e. The van der Waals surface area contributed by atoms with Gasteiger partial charge >= 0.3 is 5.97 Å². The number of amides is 1. The Balaban J connectivity index is 1.80. The van der Waals surface area contributed by atoms with Gasteiger partial charge in [0, 0.05) is 23.8 Å². The van der Waals surface area contributed by atoms with E-state index in [1.165, 1.54) is 6.20 Å². The number of hydrogen-bond acceptors (Lipinski definition) is 4. The number of carboxylic acids is 1. The fourth-order valence-electron chi connectivity index (χ4n) is 2.45. The number of pyridine rings is 1. The smallest absolute Gasteiger partial charge is 0.341 e. The first-order valence-corrected chi connectivity index (χ1v) is 7.70. The maximum atomic E-state index is 12.6. The van der Waals surface area contributed by atoms with Gasteiger partial charge in [0.1, 0.15) is 5.56 Å². The molecule has 2 heterocycles. The lowest BCUT2D eigenvalue weighted by Crippen LogP contribution is -2.23. The van der Waals surface area contributed by atoms with E-state index in [-0.39, 0.29) is 11.8 Å². The number of nitrogens with zero attached hydrogens (tertiary/aromatic N) is 2. The van der Waals surface area contributed by atoms with Crippen LogP contribution in [0.2, 0.25) is 0 Å². The van der Waals surface area contributed by atoms with Crippen molar-refractivity contribution < 1.29 is 19.4 Å². The van der Waals surface area contributed by atoms with Gasteiger partial charge in [-0.1, -0.05) is 28.1 Å². The van der Waals surface area contributed by atoms with E-state index in [4.69, 9.17) is 9.84 Å². The van der Waals surface area contributed by atoms with Crippen molar-refractivity contribution >= 4 is 27.8 Å². The van der Waals surface area contributed by atoms with Crippen molar-refractivity contribution in [1.82, 2.24) is 9.88 Å². The predicted molar refractivity (Wildman–Crippen MR) is 85.1 cm³/mol. The molecule has 1 N–H and O–H groups in total. The van der Waals surface area contributed by atoms with Crippen molar-refractivity contribution in [1.29, 1.82) is 0 Å². The highest BCUT2D eigenvalue weighted by atomic mass is 79.9. The molecule has 0 radical (unpaired) electrons. The highest BCUT2D eigenvalue weighted by Gasteiger charge is 2.31. The molecule has 0 saturated heterocycles. The Morgan fingerprint density at radius 2 is 2.04 bits per heavy atom. The van der Waals surface area contributed by atoms with Gasteiger partial charge in [-0.3, -0.25) is 4.79 Å². The third-order valence-corrected chi connectivity index (χ3v) is 4.01. The molecule has 1 aliphatic heterocycles. The molecule has 0 saturated carbocycles. The largest absolute Gasteiger partial charge is 0.479 e. The molecule has 118 valence electrons. The minimum atomic E-state index is -1.11. The number of carboxylic acid groups (broad SMARTS) is 1. The van der Waals surface area contributed by atoms with E-state index < -0.39 is 12.6 Å². The summed E-state index contributed by atoms with van der Waals surface area (Å²) in [7, 11) is 0. The van der Waals surface area contributed by atoms with Crippen molar-refractivity contribution in [3.8, 4) is 5.88 Å². The van der Waals surface area contributed by atoms with Crippen molar-refractivity contribution in [2.45, 2.75) is 13.1 Å². The van der Waals surface area contributed by atoms with Gasteiger partial charge in [-0.05, 0) is 29.3 Å². The number of aromatic nitrogens is 1.